The van der Waals surface area contributed by atoms with Crippen molar-refractivity contribution in [3.8, 4) is 0 Å². The van der Waals surface area contributed by atoms with Crippen molar-refractivity contribution >= 4 is 11.8 Å². The highest BCUT2D eigenvalue weighted by Gasteiger charge is 2.22. The van der Waals surface area contributed by atoms with E-state index in [1.54, 1.807) is 0 Å². The van der Waals surface area contributed by atoms with Crippen LogP contribution in [0.15, 0.2) is 36.5 Å². The molecule has 0 amide bonds. The predicted octanol–water partition coefficient (Wildman–Crippen LogP) is 2.70. The summed E-state index contributed by atoms with van der Waals surface area (Å²) in [6.45, 7) is 1.31. The van der Waals surface area contributed by atoms with E-state index in [1.807, 2.05) is 30.3 Å². The number of aromatic nitrogens is 2. The second-order valence-corrected chi connectivity index (χ2v) is 4.85. The lowest BCUT2D eigenvalue weighted by atomic mass is 10.2. The van der Waals surface area contributed by atoms with E-state index in [0.29, 0.717) is 26.1 Å². The molecule has 1 aromatic carbocycles. The van der Waals surface area contributed by atoms with E-state index in [1.165, 1.54) is 4.57 Å². The molecule has 23 heavy (non-hydrogen) atoms. The van der Waals surface area contributed by atoms with Gasteiger partial charge in [-0.25, -0.2) is 4.57 Å². The normalized spacial score (nSPS) is 10.6. The fraction of sp³-hybridized carbons (Fsp3) is 0.357. The second-order valence-electron chi connectivity index (χ2n) is 4.85. The van der Waals surface area contributed by atoms with Crippen molar-refractivity contribution in [3.63, 3.8) is 0 Å². The zero-order valence-corrected chi connectivity index (χ0v) is 12.3. The van der Waals surface area contributed by atoms with E-state index in [4.69, 9.17) is 4.74 Å². The summed E-state index contributed by atoms with van der Waals surface area (Å²) in [6.07, 6.45) is 2.38. The van der Waals surface area contributed by atoms with Crippen molar-refractivity contribution in [1.82, 2.24) is 9.55 Å². The summed E-state index contributed by atoms with van der Waals surface area (Å²) >= 11 is 0. The van der Waals surface area contributed by atoms with Gasteiger partial charge in [0, 0.05) is 6.61 Å². The van der Waals surface area contributed by atoms with Gasteiger partial charge in [0.25, 0.3) is 0 Å². The van der Waals surface area contributed by atoms with E-state index in [0.717, 1.165) is 11.8 Å². The number of hydrogen-bond acceptors (Lipinski definition) is 6. The van der Waals surface area contributed by atoms with Crippen molar-refractivity contribution < 1.29 is 14.6 Å². The number of unbranched alkanes of at least 4 members (excludes halogenated alkanes) is 1. The average molecular weight is 320 g/mol. The maximum Gasteiger partial charge on any atom is 0.438 e. The van der Waals surface area contributed by atoms with Gasteiger partial charge >= 0.3 is 11.8 Å². The molecule has 0 fully saturated rings. The number of benzene rings is 1. The number of hydrogen-bond donors (Lipinski definition) is 0. The van der Waals surface area contributed by atoms with Gasteiger partial charge in [-0.2, -0.15) is 0 Å². The topological polar surface area (TPSA) is 113 Å². The second kappa shape index (κ2) is 7.99. The van der Waals surface area contributed by atoms with E-state index < -0.39 is 21.6 Å². The molecular weight excluding hydrogens is 304 g/mol. The molecule has 1 aromatic heterocycles. The molecule has 2 aromatic rings. The van der Waals surface area contributed by atoms with Crippen molar-refractivity contribution in [2.24, 2.45) is 0 Å². The van der Waals surface area contributed by atoms with Gasteiger partial charge in [0.05, 0.1) is 13.2 Å². The van der Waals surface area contributed by atoms with Crippen molar-refractivity contribution in [2.75, 3.05) is 6.61 Å². The van der Waals surface area contributed by atoms with E-state index >= 15 is 0 Å². The Hall–Kier alpha value is -2.81. The van der Waals surface area contributed by atoms with Crippen LogP contribution in [0.5, 0.6) is 0 Å². The fourth-order valence-corrected chi connectivity index (χ4v) is 2.04. The number of imidazole rings is 1. The molecule has 0 aliphatic carbocycles. The molecular formula is C14H16N4O5. The van der Waals surface area contributed by atoms with Crippen LogP contribution in [0.4, 0.5) is 11.8 Å². The Balaban J connectivity index is 1.75. The molecule has 0 aliphatic rings. The van der Waals surface area contributed by atoms with Crippen molar-refractivity contribution in [1.29, 1.82) is 0 Å². The van der Waals surface area contributed by atoms with Crippen molar-refractivity contribution in [2.45, 2.75) is 26.0 Å². The van der Waals surface area contributed by atoms with Gasteiger partial charge in [0.15, 0.2) is 6.20 Å². The third-order valence-corrected chi connectivity index (χ3v) is 3.14. The van der Waals surface area contributed by atoms with Crippen LogP contribution in [0, 0.1) is 20.2 Å². The third kappa shape index (κ3) is 4.85. The predicted molar refractivity (Wildman–Crippen MR) is 80.9 cm³/mol. The monoisotopic (exact) mass is 320 g/mol. The van der Waals surface area contributed by atoms with Gasteiger partial charge in [-0.3, -0.25) is 0 Å². The number of nitrogens with zero attached hydrogens (tertiary/aromatic N) is 4. The molecule has 0 N–H and O–H groups in total. The molecule has 2 rings (SSSR count). The molecule has 0 atom stereocenters. The Kier molecular flexibility index (Phi) is 5.75. The summed E-state index contributed by atoms with van der Waals surface area (Å²) in [5, 5.41) is 21.5. The zero-order valence-electron chi connectivity index (χ0n) is 12.3. The summed E-state index contributed by atoms with van der Waals surface area (Å²) in [5.41, 5.74) is 1.08. The molecule has 0 saturated carbocycles. The molecule has 1 heterocycles. The smallest absolute Gasteiger partial charge is 0.390 e. The zero-order chi connectivity index (χ0) is 16.7. The van der Waals surface area contributed by atoms with Gasteiger partial charge in [-0.15, -0.1) is 0 Å². The van der Waals surface area contributed by atoms with Crippen LogP contribution in [0.25, 0.3) is 0 Å². The van der Waals surface area contributed by atoms with Crippen molar-refractivity contribution in [3.05, 3.63) is 62.3 Å². The summed E-state index contributed by atoms with van der Waals surface area (Å²) in [6, 6.07) is 9.73. The first-order valence-corrected chi connectivity index (χ1v) is 7.05. The van der Waals surface area contributed by atoms with Gasteiger partial charge in [-0.1, -0.05) is 30.3 Å². The van der Waals surface area contributed by atoms with Crippen LogP contribution in [0.2, 0.25) is 0 Å². The maximum absolute atomic E-state index is 10.8. The first-order valence-electron chi connectivity index (χ1n) is 7.05. The lowest BCUT2D eigenvalue weighted by Crippen LogP contribution is -2.04. The van der Waals surface area contributed by atoms with Crippen LogP contribution in [0.1, 0.15) is 18.4 Å². The third-order valence-electron chi connectivity index (χ3n) is 3.14. The highest BCUT2D eigenvalue weighted by molar-refractivity contribution is 5.24. The average Bonchev–Trinajstić information content (AvgIpc) is 2.96. The molecule has 9 heteroatoms. The molecule has 0 spiro atoms. The first-order chi connectivity index (χ1) is 11.1. The fourth-order valence-electron chi connectivity index (χ4n) is 2.04. The van der Waals surface area contributed by atoms with Crippen LogP contribution >= 0.6 is 0 Å². The quantitative estimate of drug-likeness (QED) is 0.399. The highest BCUT2D eigenvalue weighted by Crippen LogP contribution is 2.18. The lowest BCUT2D eigenvalue weighted by Gasteiger charge is -2.04. The molecule has 122 valence electrons. The Morgan fingerprint density at radius 1 is 1.09 bits per heavy atom. The summed E-state index contributed by atoms with van der Waals surface area (Å²) < 4.78 is 6.70. The molecule has 0 saturated heterocycles. The van der Waals surface area contributed by atoms with Crippen LogP contribution in [0.3, 0.4) is 0 Å². The van der Waals surface area contributed by atoms with Gasteiger partial charge in [-0.05, 0) is 33.2 Å². The Morgan fingerprint density at radius 3 is 2.48 bits per heavy atom. The minimum absolute atomic E-state index is 0.284. The highest BCUT2D eigenvalue weighted by atomic mass is 16.6. The minimum atomic E-state index is -0.744. The minimum Gasteiger partial charge on any atom is -0.390 e. The molecule has 0 aliphatic heterocycles. The van der Waals surface area contributed by atoms with Crippen LogP contribution in [-0.4, -0.2) is 26.0 Å². The van der Waals surface area contributed by atoms with Crippen LogP contribution in [-0.2, 0) is 17.9 Å². The van der Waals surface area contributed by atoms with E-state index in [-0.39, 0.29) is 6.54 Å². The number of ether oxygens (including phenoxy) is 1. The largest absolute Gasteiger partial charge is 0.438 e. The molecule has 0 bridgehead atoms. The SMILES string of the molecule is O=[N+]([O-])c1cn(CCCCOCc2ccccc2)c([N+](=O)[O-])n1. The Bertz CT molecular complexity index is 671. The van der Waals surface area contributed by atoms with E-state index in [2.05, 4.69) is 4.98 Å². The Labute approximate surface area is 131 Å². The summed E-state index contributed by atoms with van der Waals surface area (Å²) in [7, 11) is 0. The molecule has 0 radical (unpaired) electrons. The van der Waals surface area contributed by atoms with Gasteiger partial charge in [0.2, 0.25) is 0 Å². The molecule has 9 nitrogen and oxygen atoms in total. The van der Waals surface area contributed by atoms with Gasteiger partial charge < -0.3 is 25.0 Å². The number of aryl methyl sites for hydroxylation is 1. The Morgan fingerprint density at radius 2 is 1.83 bits per heavy atom. The number of nitro groups is 2. The summed E-state index contributed by atoms with van der Waals surface area (Å²) in [5.74, 6) is -1.03. The first kappa shape index (κ1) is 16.6. The summed E-state index contributed by atoms with van der Waals surface area (Å²) in [4.78, 5) is 23.4. The van der Waals surface area contributed by atoms with Gasteiger partial charge in [0.1, 0.15) is 0 Å². The molecule has 0 unspecified atom stereocenters. The van der Waals surface area contributed by atoms with E-state index in [9.17, 15) is 20.2 Å². The number of rotatable bonds is 9. The lowest BCUT2D eigenvalue weighted by molar-refractivity contribution is -0.403. The standard InChI is InChI=1S/C14H16N4O5/c19-17(20)13-10-16(14(15-13)18(21)22)8-4-5-9-23-11-12-6-2-1-3-7-12/h1-3,6-7,10H,4-5,8-9,11H2. The van der Waals surface area contributed by atoms with Crippen LogP contribution < -0.4 is 0 Å². The maximum atomic E-state index is 10.8.